The maximum absolute atomic E-state index is 12.1. The summed E-state index contributed by atoms with van der Waals surface area (Å²) in [4.78, 5) is 14.5. The first-order chi connectivity index (χ1) is 9.62. The lowest BCUT2D eigenvalue weighted by molar-refractivity contribution is 0.0952. The van der Waals surface area contributed by atoms with E-state index in [-0.39, 0.29) is 5.91 Å². The Hall–Kier alpha value is -1.26. The molecule has 0 spiro atoms. The maximum atomic E-state index is 12.1. The van der Waals surface area contributed by atoms with Crippen molar-refractivity contribution in [1.82, 2.24) is 10.2 Å². The van der Waals surface area contributed by atoms with Gasteiger partial charge < -0.3 is 15.5 Å². The van der Waals surface area contributed by atoms with Crippen molar-refractivity contribution in [2.45, 2.75) is 20.3 Å². The topological polar surface area (TPSA) is 44.4 Å². The van der Waals surface area contributed by atoms with Gasteiger partial charge in [-0.05, 0) is 44.3 Å². The second-order valence-electron chi connectivity index (χ2n) is 4.58. The summed E-state index contributed by atoms with van der Waals surface area (Å²) in [5.41, 5.74) is 1.37. The minimum Gasteiger partial charge on any atom is -0.387 e. The first-order valence-electron chi connectivity index (χ1n) is 7.10. The molecule has 2 N–H and O–H groups in total. The highest BCUT2D eigenvalue weighted by Crippen LogP contribution is 2.20. The third kappa shape index (κ3) is 5.02. The Kier molecular flexibility index (Phi) is 7.41. The first kappa shape index (κ1) is 16.8. The number of rotatable bonds is 8. The quantitative estimate of drug-likeness (QED) is 0.725. The van der Waals surface area contributed by atoms with Crippen LogP contribution in [0.1, 0.15) is 30.6 Å². The molecule has 0 fully saturated rings. The van der Waals surface area contributed by atoms with E-state index in [1.807, 2.05) is 6.07 Å². The van der Waals surface area contributed by atoms with Gasteiger partial charge in [0.25, 0.3) is 5.91 Å². The van der Waals surface area contributed by atoms with Gasteiger partial charge in [0.1, 0.15) is 0 Å². The first-order valence-corrected chi connectivity index (χ1v) is 7.48. The molecule has 5 heteroatoms. The fourth-order valence-electron chi connectivity index (χ4n) is 2.06. The average molecular weight is 298 g/mol. The average Bonchev–Trinajstić information content (AvgIpc) is 2.47. The summed E-state index contributed by atoms with van der Waals surface area (Å²) in [5.74, 6) is -0.0867. The molecular formula is C15H24ClN3O. The molecule has 112 valence electrons. The van der Waals surface area contributed by atoms with Gasteiger partial charge in [0, 0.05) is 24.3 Å². The van der Waals surface area contributed by atoms with Crippen LogP contribution >= 0.6 is 11.6 Å². The van der Waals surface area contributed by atoms with Crippen molar-refractivity contribution in [3.63, 3.8) is 0 Å². The Balaban J connectivity index is 2.49. The maximum Gasteiger partial charge on any atom is 0.253 e. The van der Waals surface area contributed by atoms with E-state index < -0.39 is 0 Å². The fraction of sp³-hybridized carbons (Fsp3) is 0.533. The van der Waals surface area contributed by atoms with Crippen LogP contribution in [0, 0.1) is 0 Å². The van der Waals surface area contributed by atoms with Gasteiger partial charge in [-0.3, -0.25) is 4.79 Å². The van der Waals surface area contributed by atoms with Gasteiger partial charge in [-0.15, -0.1) is 0 Å². The Bertz CT molecular complexity index is 433. The van der Waals surface area contributed by atoms with Crippen molar-refractivity contribution >= 4 is 23.2 Å². The van der Waals surface area contributed by atoms with E-state index in [0.29, 0.717) is 17.1 Å². The number of carbonyl (C=O) groups is 1. The van der Waals surface area contributed by atoms with Crippen LogP contribution in [0.2, 0.25) is 5.02 Å². The van der Waals surface area contributed by atoms with Crippen LogP contribution in [-0.4, -0.2) is 44.0 Å². The molecule has 0 saturated carbocycles. The highest BCUT2D eigenvalue weighted by Gasteiger charge is 2.11. The van der Waals surface area contributed by atoms with Crippen LogP contribution in [0.3, 0.4) is 0 Å². The zero-order valence-corrected chi connectivity index (χ0v) is 13.3. The van der Waals surface area contributed by atoms with Gasteiger partial charge >= 0.3 is 0 Å². The lowest BCUT2D eigenvalue weighted by atomic mass is 10.1. The molecule has 1 amide bonds. The van der Waals surface area contributed by atoms with E-state index in [2.05, 4.69) is 29.4 Å². The van der Waals surface area contributed by atoms with Crippen molar-refractivity contribution in [2.24, 2.45) is 0 Å². The zero-order valence-electron chi connectivity index (χ0n) is 12.5. The van der Waals surface area contributed by atoms with E-state index >= 15 is 0 Å². The number of halogens is 1. The minimum absolute atomic E-state index is 0.0867. The number of amides is 1. The molecule has 0 aliphatic carbocycles. The van der Waals surface area contributed by atoms with Crippen molar-refractivity contribution in [2.75, 3.05) is 38.5 Å². The van der Waals surface area contributed by atoms with Gasteiger partial charge in [-0.25, -0.2) is 0 Å². The fourth-order valence-corrected chi connectivity index (χ4v) is 2.23. The largest absolute Gasteiger partial charge is 0.387 e. The van der Waals surface area contributed by atoms with Crippen LogP contribution < -0.4 is 10.6 Å². The number of hydrogen-bond acceptors (Lipinski definition) is 3. The lowest BCUT2D eigenvalue weighted by Crippen LogP contribution is -2.30. The second-order valence-corrected chi connectivity index (χ2v) is 5.01. The Morgan fingerprint density at radius 1 is 1.30 bits per heavy atom. The van der Waals surface area contributed by atoms with Gasteiger partial charge in [-0.1, -0.05) is 25.4 Å². The second kappa shape index (κ2) is 8.82. The summed E-state index contributed by atoms with van der Waals surface area (Å²) >= 11 is 5.94. The number of anilines is 1. The molecule has 0 unspecified atom stereocenters. The number of nitrogens with one attached hydrogen (secondary N) is 2. The molecule has 0 atom stereocenters. The SMILES string of the molecule is CCN(CC)CCCNC(=O)c1cc(Cl)ccc1NC. The predicted molar refractivity (Wildman–Crippen MR) is 85.7 cm³/mol. The van der Waals surface area contributed by atoms with Crippen molar-refractivity contribution in [1.29, 1.82) is 0 Å². The third-order valence-electron chi connectivity index (χ3n) is 3.33. The van der Waals surface area contributed by atoms with Crippen molar-refractivity contribution in [3.05, 3.63) is 28.8 Å². The highest BCUT2D eigenvalue weighted by atomic mass is 35.5. The summed E-state index contributed by atoms with van der Waals surface area (Å²) in [6, 6.07) is 5.27. The van der Waals surface area contributed by atoms with Crippen LogP contribution in [0.5, 0.6) is 0 Å². The number of carbonyl (C=O) groups excluding carboxylic acids is 1. The van der Waals surface area contributed by atoms with Crippen LogP contribution in [0.4, 0.5) is 5.69 Å². The molecule has 20 heavy (non-hydrogen) atoms. The molecule has 1 aromatic carbocycles. The summed E-state index contributed by atoms with van der Waals surface area (Å²) in [5, 5.41) is 6.51. The number of hydrogen-bond donors (Lipinski definition) is 2. The number of nitrogens with zero attached hydrogens (tertiary/aromatic N) is 1. The molecule has 0 saturated heterocycles. The number of benzene rings is 1. The molecule has 0 radical (unpaired) electrons. The molecule has 0 aromatic heterocycles. The van der Waals surface area contributed by atoms with Gasteiger partial charge in [-0.2, -0.15) is 0 Å². The molecule has 0 bridgehead atoms. The van der Waals surface area contributed by atoms with E-state index in [4.69, 9.17) is 11.6 Å². The summed E-state index contributed by atoms with van der Waals surface area (Å²) in [7, 11) is 1.79. The van der Waals surface area contributed by atoms with Crippen LogP contribution in [0.25, 0.3) is 0 Å². The highest BCUT2D eigenvalue weighted by molar-refractivity contribution is 6.31. The van der Waals surface area contributed by atoms with E-state index in [0.717, 1.165) is 31.7 Å². The van der Waals surface area contributed by atoms with Gasteiger partial charge in [0.05, 0.1) is 5.56 Å². The van der Waals surface area contributed by atoms with Crippen LogP contribution in [0.15, 0.2) is 18.2 Å². The molecule has 4 nitrogen and oxygen atoms in total. The Morgan fingerprint density at radius 3 is 2.60 bits per heavy atom. The molecule has 1 aromatic rings. The minimum atomic E-state index is -0.0867. The van der Waals surface area contributed by atoms with Crippen molar-refractivity contribution < 1.29 is 4.79 Å². The van der Waals surface area contributed by atoms with Gasteiger partial charge in [0.2, 0.25) is 0 Å². The predicted octanol–water partition coefficient (Wildman–Crippen LogP) is 2.84. The van der Waals surface area contributed by atoms with Gasteiger partial charge in [0.15, 0.2) is 0 Å². The molecule has 0 heterocycles. The lowest BCUT2D eigenvalue weighted by Gasteiger charge is -2.17. The molecule has 0 aliphatic rings. The summed E-state index contributed by atoms with van der Waals surface area (Å²) < 4.78 is 0. The molecular weight excluding hydrogens is 274 g/mol. The molecule has 0 aliphatic heterocycles. The van der Waals surface area contributed by atoms with Crippen LogP contribution in [-0.2, 0) is 0 Å². The summed E-state index contributed by atoms with van der Waals surface area (Å²) in [6.45, 7) is 8.05. The van der Waals surface area contributed by atoms with E-state index in [1.165, 1.54) is 0 Å². The van der Waals surface area contributed by atoms with Crippen molar-refractivity contribution in [3.8, 4) is 0 Å². The molecule has 1 rings (SSSR count). The Morgan fingerprint density at radius 2 is 2.00 bits per heavy atom. The standard InChI is InChI=1S/C15H24ClN3O/c1-4-19(5-2)10-6-9-18-15(20)13-11-12(16)7-8-14(13)17-3/h7-8,11,17H,4-6,9-10H2,1-3H3,(H,18,20). The Labute approximate surface area is 126 Å². The van der Waals surface area contributed by atoms with E-state index in [1.54, 1.807) is 19.2 Å². The monoisotopic (exact) mass is 297 g/mol. The zero-order chi connectivity index (χ0) is 15.0. The third-order valence-corrected chi connectivity index (χ3v) is 3.56. The normalized spacial score (nSPS) is 10.7. The smallest absolute Gasteiger partial charge is 0.253 e. The summed E-state index contributed by atoms with van der Waals surface area (Å²) in [6.07, 6.45) is 0.947. The van der Waals surface area contributed by atoms with E-state index in [9.17, 15) is 4.79 Å².